The van der Waals surface area contributed by atoms with Crippen LogP contribution in [0, 0.1) is 0 Å². The zero-order valence-electron chi connectivity index (χ0n) is 31.6. The lowest BCUT2D eigenvalue weighted by atomic mass is 9.98. The Morgan fingerprint density at radius 1 is 0.650 bits per heavy atom. The van der Waals surface area contributed by atoms with Gasteiger partial charge in [-0.2, -0.15) is 0 Å². The van der Waals surface area contributed by atoms with Gasteiger partial charge in [0.15, 0.2) is 18.0 Å². The molecular formula is C43H36O17. The van der Waals surface area contributed by atoms with Crippen LogP contribution in [0.1, 0.15) is 25.0 Å². The molecule has 6 rings (SSSR count). The number of aromatic hydroxyl groups is 5. The van der Waals surface area contributed by atoms with E-state index < -0.39 is 89.3 Å². The van der Waals surface area contributed by atoms with Crippen LogP contribution in [-0.2, 0) is 42.9 Å². The molecule has 5 N–H and O–H groups in total. The third-order valence-electron chi connectivity index (χ3n) is 8.73. The summed E-state index contributed by atoms with van der Waals surface area (Å²) in [6.45, 7) is 1.30. The molecule has 2 heterocycles. The van der Waals surface area contributed by atoms with Crippen molar-refractivity contribution in [3.63, 3.8) is 0 Å². The van der Waals surface area contributed by atoms with Crippen LogP contribution in [0.5, 0.6) is 34.5 Å². The third-order valence-corrected chi connectivity index (χ3v) is 8.73. The fourth-order valence-electron chi connectivity index (χ4n) is 6.07. The van der Waals surface area contributed by atoms with Crippen LogP contribution < -0.4 is 10.2 Å². The molecule has 5 atom stereocenters. The molecule has 0 unspecified atom stereocenters. The lowest BCUT2D eigenvalue weighted by molar-refractivity contribution is -0.288. The maximum atomic E-state index is 14.2. The molecule has 4 aromatic carbocycles. The first-order valence-corrected chi connectivity index (χ1v) is 18.0. The van der Waals surface area contributed by atoms with E-state index in [1.165, 1.54) is 84.9 Å². The molecular weight excluding hydrogens is 788 g/mol. The van der Waals surface area contributed by atoms with Gasteiger partial charge in [-0.25, -0.2) is 9.59 Å². The van der Waals surface area contributed by atoms with Gasteiger partial charge in [-0.05, 0) is 71.8 Å². The molecule has 5 aromatic rings. The largest absolute Gasteiger partial charge is 0.508 e. The Balaban J connectivity index is 1.42. The standard InChI is InChI=1S/C43H36O17/c1-22(44)55-41-39(59-35(52)18-8-25-5-13-28(47)14-6-25)33(21-54-34(51)17-7-24-3-11-27(46)12-4-24)58-43(42(41)56-23(2)45)60-40-37(53)36-31(50)19-30(49)20-32(36)57-38(40)26-9-15-29(48)16-10-26/h3-20,33,39,41-43,46-50H,21H2,1-2H3/b17-7-,18-8+/t33-,39-,41+,42-,43+/m1/s1. The first-order chi connectivity index (χ1) is 28.6. The number of phenolic OH excluding ortho intramolecular Hbond substituents is 5. The molecule has 0 saturated carbocycles. The van der Waals surface area contributed by atoms with Gasteiger partial charge < -0.3 is 58.4 Å². The van der Waals surface area contributed by atoms with E-state index in [-0.39, 0.29) is 34.2 Å². The van der Waals surface area contributed by atoms with Gasteiger partial charge in [0.25, 0.3) is 0 Å². The normalized spacial score (nSPS) is 18.9. The molecule has 17 heteroatoms. The number of benzene rings is 4. The minimum Gasteiger partial charge on any atom is -0.508 e. The molecule has 0 radical (unpaired) electrons. The molecule has 310 valence electrons. The van der Waals surface area contributed by atoms with E-state index in [1.54, 1.807) is 0 Å². The zero-order chi connectivity index (χ0) is 43.1. The average molecular weight is 825 g/mol. The number of phenols is 5. The predicted molar refractivity (Wildman–Crippen MR) is 208 cm³/mol. The van der Waals surface area contributed by atoms with Crippen molar-refractivity contribution in [2.24, 2.45) is 0 Å². The van der Waals surface area contributed by atoms with Crippen LogP contribution in [-0.4, -0.2) is 86.7 Å². The van der Waals surface area contributed by atoms with Gasteiger partial charge in [-0.15, -0.1) is 0 Å². The van der Waals surface area contributed by atoms with E-state index >= 15 is 0 Å². The van der Waals surface area contributed by atoms with Crippen LogP contribution in [0.4, 0.5) is 0 Å². The summed E-state index contributed by atoms with van der Waals surface area (Å²) in [5.41, 5.74) is -0.138. The highest BCUT2D eigenvalue weighted by Gasteiger charge is 2.54. The van der Waals surface area contributed by atoms with Crippen molar-refractivity contribution >= 4 is 47.0 Å². The maximum absolute atomic E-state index is 14.2. The highest BCUT2D eigenvalue weighted by molar-refractivity contribution is 5.89. The van der Waals surface area contributed by atoms with E-state index in [1.807, 2.05) is 0 Å². The van der Waals surface area contributed by atoms with Crippen molar-refractivity contribution < 1.29 is 77.5 Å². The van der Waals surface area contributed by atoms with E-state index in [2.05, 4.69) is 0 Å². The summed E-state index contributed by atoms with van der Waals surface area (Å²) in [6.07, 6.45) is -3.98. The summed E-state index contributed by atoms with van der Waals surface area (Å²) in [4.78, 5) is 65.8. The van der Waals surface area contributed by atoms with Crippen molar-refractivity contribution in [2.45, 2.75) is 44.6 Å². The van der Waals surface area contributed by atoms with Crippen LogP contribution in [0.2, 0.25) is 0 Å². The van der Waals surface area contributed by atoms with Crippen LogP contribution in [0.3, 0.4) is 0 Å². The lowest BCUT2D eigenvalue weighted by Gasteiger charge is -2.43. The fraction of sp³-hybridized carbons (Fsp3) is 0.186. The number of ether oxygens (including phenoxy) is 6. The topological polar surface area (TPSA) is 255 Å². The monoisotopic (exact) mass is 824 g/mol. The second kappa shape index (κ2) is 18.2. The van der Waals surface area contributed by atoms with Crippen LogP contribution in [0.25, 0.3) is 34.4 Å². The van der Waals surface area contributed by atoms with Gasteiger partial charge in [-0.3, -0.25) is 14.4 Å². The molecule has 1 aliphatic rings. The number of carbonyl (C=O) groups is 4. The fourth-order valence-corrected chi connectivity index (χ4v) is 6.07. The molecule has 17 nitrogen and oxygen atoms in total. The number of fused-ring (bicyclic) bond motifs is 1. The molecule has 0 bridgehead atoms. The van der Waals surface area contributed by atoms with E-state index in [0.717, 1.165) is 38.1 Å². The quantitative estimate of drug-likeness (QED) is 0.0641. The van der Waals surface area contributed by atoms with E-state index in [9.17, 15) is 49.5 Å². The summed E-state index contributed by atoms with van der Waals surface area (Å²) in [5, 5.41) is 49.6. The molecule has 1 fully saturated rings. The summed E-state index contributed by atoms with van der Waals surface area (Å²) in [5.74, 6) is -6.15. The van der Waals surface area contributed by atoms with Crippen molar-refractivity contribution in [1.29, 1.82) is 0 Å². The third kappa shape index (κ3) is 10.2. The Kier molecular flexibility index (Phi) is 12.7. The molecule has 1 aromatic heterocycles. The molecule has 0 aliphatic carbocycles. The number of esters is 4. The van der Waals surface area contributed by atoms with Gasteiger partial charge in [0.05, 0.1) is 0 Å². The van der Waals surface area contributed by atoms with Crippen molar-refractivity contribution in [1.82, 2.24) is 0 Å². The molecule has 0 amide bonds. The molecule has 1 saturated heterocycles. The second-order valence-corrected chi connectivity index (χ2v) is 13.2. The molecule has 1 aliphatic heterocycles. The van der Waals surface area contributed by atoms with Crippen LogP contribution >= 0.6 is 0 Å². The second-order valence-electron chi connectivity index (χ2n) is 13.2. The SMILES string of the molecule is CC(=O)O[C@@H]1[C@@H](OC(C)=O)[C@H](Oc2c(-c3ccc(O)cc3)oc3cc(O)cc(O)c3c2=O)O[C@H](COC(=O)/C=C\c2ccc(O)cc2)[C@H]1OC(=O)/C=C/c1ccc(O)cc1. The number of carbonyl (C=O) groups excluding carboxylic acids is 4. The summed E-state index contributed by atoms with van der Waals surface area (Å²) in [7, 11) is 0. The Hall–Kier alpha value is -7.79. The van der Waals surface area contributed by atoms with E-state index in [0.29, 0.717) is 11.1 Å². The molecule has 0 spiro atoms. The van der Waals surface area contributed by atoms with Gasteiger partial charge in [-0.1, -0.05) is 24.3 Å². The minimum absolute atomic E-state index is 0.00147. The van der Waals surface area contributed by atoms with Gasteiger partial charge in [0.2, 0.25) is 23.6 Å². The van der Waals surface area contributed by atoms with Gasteiger partial charge in [0.1, 0.15) is 52.4 Å². The first-order valence-electron chi connectivity index (χ1n) is 18.0. The van der Waals surface area contributed by atoms with Crippen LogP contribution in [0.15, 0.2) is 106 Å². The summed E-state index contributed by atoms with van der Waals surface area (Å²) >= 11 is 0. The maximum Gasteiger partial charge on any atom is 0.331 e. The predicted octanol–water partition coefficient (Wildman–Crippen LogP) is 4.84. The Bertz CT molecular complexity index is 2500. The highest BCUT2D eigenvalue weighted by Crippen LogP contribution is 2.38. The average Bonchev–Trinajstić information content (AvgIpc) is 3.19. The lowest BCUT2D eigenvalue weighted by Crippen LogP contribution is -2.63. The Morgan fingerprint density at radius 2 is 1.18 bits per heavy atom. The Labute approximate surface area is 339 Å². The molecule has 60 heavy (non-hydrogen) atoms. The van der Waals surface area contributed by atoms with Crippen molar-refractivity contribution in [3.8, 4) is 45.8 Å². The summed E-state index contributed by atoms with van der Waals surface area (Å²) < 4.78 is 40.7. The summed E-state index contributed by atoms with van der Waals surface area (Å²) in [6, 6.07) is 18.9. The van der Waals surface area contributed by atoms with Gasteiger partial charge in [0, 0.05) is 43.7 Å². The number of hydrogen-bond acceptors (Lipinski definition) is 17. The highest BCUT2D eigenvalue weighted by atomic mass is 16.7. The first kappa shape index (κ1) is 41.8. The van der Waals surface area contributed by atoms with Crippen molar-refractivity contribution in [2.75, 3.05) is 6.61 Å². The Morgan fingerprint density at radius 3 is 1.75 bits per heavy atom. The van der Waals surface area contributed by atoms with Gasteiger partial charge >= 0.3 is 23.9 Å². The number of rotatable bonds is 12. The van der Waals surface area contributed by atoms with E-state index in [4.69, 9.17) is 32.8 Å². The van der Waals surface area contributed by atoms with Crippen molar-refractivity contribution in [3.05, 3.63) is 118 Å². The smallest absolute Gasteiger partial charge is 0.331 e. The zero-order valence-corrected chi connectivity index (χ0v) is 31.6. The number of hydrogen-bond donors (Lipinski definition) is 5. The minimum atomic E-state index is -1.94.